The molecule has 0 bridgehead atoms. The van der Waals surface area contributed by atoms with E-state index in [1.54, 1.807) is 6.08 Å². The van der Waals surface area contributed by atoms with E-state index in [1.165, 1.54) is 29.3 Å². The van der Waals surface area contributed by atoms with Crippen LogP contribution in [0.5, 0.6) is 5.75 Å². The molecule has 0 spiro atoms. The Morgan fingerprint density at radius 2 is 1.86 bits per heavy atom. The Balaban J connectivity index is 1.37. The van der Waals surface area contributed by atoms with Crippen LogP contribution >= 0.6 is 0 Å². The average Bonchev–Trinajstić information content (AvgIpc) is 2.92. The molecule has 0 aliphatic carbocycles. The highest BCUT2D eigenvalue weighted by atomic mass is 19.1. The first kappa shape index (κ1) is 26.4. The zero-order valence-electron chi connectivity index (χ0n) is 21.4. The molecule has 1 heterocycles. The molecule has 4 nitrogen and oxygen atoms in total. The Hall–Kier alpha value is -3.70. The lowest BCUT2D eigenvalue weighted by molar-refractivity contribution is -0.132. The van der Waals surface area contributed by atoms with Gasteiger partial charge in [0.05, 0.1) is 11.7 Å². The lowest BCUT2D eigenvalue weighted by atomic mass is 9.83. The van der Waals surface area contributed by atoms with Crippen LogP contribution in [0.25, 0.3) is 10.8 Å². The Bertz CT molecular complexity index is 1340. The molecular weight excluding hydrogens is 465 g/mol. The summed E-state index contributed by atoms with van der Waals surface area (Å²) >= 11 is 0. The summed E-state index contributed by atoms with van der Waals surface area (Å²) in [7, 11) is 0. The lowest BCUT2D eigenvalue weighted by Crippen LogP contribution is -2.28. The van der Waals surface area contributed by atoms with Gasteiger partial charge in [0.25, 0.3) is 0 Å². The normalized spacial score (nSPS) is 18.7. The van der Waals surface area contributed by atoms with Gasteiger partial charge in [0, 0.05) is 17.5 Å². The molecule has 2 N–H and O–H groups in total. The predicted molar refractivity (Wildman–Crippen MR) is 148 cm³/mol. The molecule has 0 unspecified atom stereocenters. The molecule has 0 saturated carbocycles. The van der Waals surface area contributed by atoms with Crippen molar-refractivity contribution in [2.75, 3.05) is 6.54 Å². The van der Waals surface area contributed by atoms with Gasteiger partial charge in [0.2, 0.25) is 0 Å². The molecule has 1 aliphatic heterocycles. The van der Waals surface area contributed by atoms with E-state index < -0.39 is 11.8 Å². The number of hydrogen-bond donors (Lipinski definition) is 2. The van der Waals surface area contributed by atoms with Gasteiger partial charge in [-0.25, -0.2) is 9.18 Å². The summed E-state index contributed by atoms with van der Waals surface area (Å²) in [6.07, 6.45) is 5.36. The number of carboxylic acids is 1. The highest BCUT2D eigenvalue weighted by molar-refractivity contribution is 5.87. The highest BCUT2D eigenvalue weighted by Crippen LogP contribution is 2.41. The number of halogens is 1. The van der Waals surface area contributed by atoms with Crippen molar-refractivity contribution in [2.24, 2.45) is 0 Å². The third-order valence-corrected chi connectivity index (χ3v) is 7.10. The zero-order chi connectivity index (χ0) is 26.4. The molecule has 3 aromatic rings. The van der Waals surface area contributed by atoms with Crippen molar-refractivity contribution in [3.63, 3.8) is 0 Å². The largest absolute Gasteiger partial charge is 0.490 e. The number of nitrogens with one attached hydrogen (secondary N) is 1. The molecule has 0 aromatic heterocycles. The molecular formula is C32H34FNO3. The summed E-state index contributed by atoms with van der Waals surface area (Å²) in [6, 6.07) is 23.0. The first-order valence-electron chi connectivity index (χ1n) is 12.8. The van der Waals surface area contributed by atoms with Crippen molar-refractivity contribution in [1.29, 1.82) is 0 Å². The molecule has 0 fully saturated rings. The molecule has 192 valence electrons. The van der Waals surface area contributed by atoms with Gasteiger partial charge in [-0.1, -0.05) is 73.3 Å². The number of carbonyl (C=O) groups is 1. The molecule has 3 atom stereocenters. The Morgan fingerprint density at radius 1 is 1.14 bits per heavy atom. The van der Waals surface area contributed by atoms with Gasteiger partial charge in [0.1, 0.15) is 11.6 Å². The van der Waals surface area contributed by atoms with Crippen LogP contribution in [0.1, 0.15) is 56.2 Å². The minimum Gasteiger partial charge on any atom is -0.490 e. The summed E-state index contributed by atoms with van der Waals surface area (Å²) in [5, 5.41) is 15.2. The van der Waals surface area contributed by atoms with E-state index >= 15 is 0 Å². The van der Waals surface area contributed by atoms with Crippen LogP contribution in [0, 0.1) is 0 Å². The maximum absolute atomic E-state index is 14.2. The predicted octanol–water partition coefficient (Wildman–Crippen LogP) is 7.65. The fourth-order valence-corrected chi connectivity index (χ4v) is 4.93. The highest BCUT2D eigenvalue weighted by Gasteiger charge is 2.29. The van der Waals surface area contributed by atoms with Gasteiger partial charge in [-0.3, -0.25) is 0 Å². The summed E-state index contributed by atoms with van der Waals surface area (Å²) in [5.74, 6) is -1.23. The molecule has 4 rings (SSSR count). The topological polar surface area (TPSA) is 58.6 Å². The van der Waals surface area contributed by atoms with Crippen LogP contribution in [0.2, 0.25) is 0 Å². The van der Waals surface area contributed by atoms with E-state index in [-0.39, 0.29) is 23.6 Å². The van der Waals surface area contributed by atoms with Gasteiger partial charge in [0.15, 0.2) is 0 Å². The van der Waals surface area contributed by atoms with Crippen LogP contribution in [0.4, 0.5) is 4.39 Å². The van der Waals surface area contributed by atoms with Crippen molar-refractivity contribution in [3.05, 3.63) is 114 Å². The van der Waals surface area contributed by atoms with E-state index in [1.807, 2.05) is 24.3 Å². The number of aliphatic carboxylic acids is 1. The molecule has 3 aromatic carbocycles. The minimum atomic E-state index is -1.27. The minimum absolute atomic E-state index is 0.0147. The van der Waals surface area contributed by atoms with Gasteiger partial charge in [-0.05, 0) is 73.7 Å². The van der Waals surface area contributed by atoms with Crippen molar-refractivity contribution in [3.8, 4) is 5.75 Å². The van der Waals surface area contributed by atoms with E-state index in [0.29, 0.717) is 0 Å². The number of fused-ring (bicyclic) bond motifs is 2. The molecule has 0 amide bonds. The van der Waals surface area contributed by atoms with Gasteiger partial charge < -0.3 is 15.2 Å². The summed E-state index contributed by atoms with van der Waals surface area (Å²) in [4.78, 5) is 11.0. The molecule has 5 heteroatoms. The zero-order valence-corrected chi connectivity index (χ0v) is 21.4. The second-order valence-corrected chi connectivity index (χ2v) is 9.64. The van der Waals surface area contributed by atoms with Crippen molar-refractivity contribution < 1.29 is 19.0 Å². The van der Waals surface area contributed by atoms with E-state index in [9.17, 15) is 9.18 Å². The Morgan fingerprint density at radius 3 is 2.68 bits per heavy atom. The van der Waals surface area contributed by atoms with Crippen LogP contribution < -0.4 is 10.1 Å². The average molecular weight is 500 g/mol. The summed E-state index contributed by atoms with van der Waals surface area (Å²) in [5.41, 5.74) is 2.73. The third kappa shape index (κ3) is 6.36. The number of hydrogen-bond acceptors (Lipinski definition) is 3. The van der Waals surface area contributed by atoms with Crippen LogP contribution in [-0.4, -0.2) is 23.7 Å². The van der Waals surface area contributed by atoms with Gasteiger partial charge >= 0.3 is 5.97 Å². The number of benzene rings is 3. The van der Waals surface area contributed by atoms with Crippen LogP contribution in [0.3, 0.4) is 0 Å². The smallest absolute Gasteiger partial charge is 0.334 e. The Labute approximate surface area is 218 Å². The first-order valence-corrected chi connectivity index (χ1v) is 12.8. The first-order chi connectivity index (χ1) is 17.8. The van der Waals surface area contributed by atoms with E-state index in [4.69, 9.17) is 9.84 Å². The van der Waals surface area contributed by atoms with Gasteiger partial charge in [-0.15, -0.1) is 0 Å². The number of allylic oxidation sites excluding steroid dienone is 4. The number of rotatable bonds is 10. The SMILES string of the molecule is C=C(/C=C\C(F)=C(/C)C(=O)O)[C@@H]1C[C@H](CCCN[C@H](C)c2cccc3ccccc23)Oc2ccccc21. The lowest BCUT2D eigenvalue weighted by Gasteiger charge is -2.33. The number of carboxylic acid groups (broad SMARTS) is 1. The van der Waals surface area contributed by atoms with Crippen molar-refractivity contribution >= 4 is 16.7 Å². The molecule has 0 saturated heterocycles. The second kappa shape index (κ2) is 12.0. The van der Waals surface area contributed by atoms with E-state index in [2.05, 4.69) is 61.3 Å². The van der Waals surface area contributed by atoms with Crippen molar-refractivity contribution in [1.82, 2.24) is 5.32 Å². The third-order valence-electron chi connectivity index (χ3n) is 7.10. The molecule has 0 radical (unpaired) electrons. The molecule has 1 aliphatic rings. The van der Waals surface area contributed by atoms with Crippen LogP contribution in [0.15, 0.2) is 102 Å². The quantitative estimate of drug-likeness (QED) is 0.171. The fraction of sp³-hybridized carbons (Fsp3) is 0.281. The van der Waals surface area contributed by atoms with Gasteiger partial charge in [-0.2, -0.15) is 0 Å². The Kier molecular flexibility index (Phi) is 8.57. The maximum atomic E-state index is 14.2. The summed E-state index contributed by atoms with van der Waals surface area (Å²) in [6.45, 7) is 8.48. The fourth-order valence-electron chi connectivity index (χ4n) is 4.93. The number of ether oxygens (including phenoxy) is 1. The second-order valence-electron chi connectivity index (χ2n) is 9.64. The standard InChI is InChI=1S/C32H34FNO3/c1-21(17-18-30(33)22(2)32(35)36)29-20-25(37-31-16-7-6-14-28(29)31)12-9-19-34-23(3)26-15-8-11-24-10-4-5-13-27(24)26/h4-8,10-11,13-18,23,25,29,34H,1,9,12,19-20H2,2-3H3,(H,35,36)/b18-17-,30-22-/t23-,25+,29+/m1/s1. The van der Waals surface area contributed by atoms with Crippen LogP contribution in [-0.2, 0) is 4.79 Å². The number of para-hydroxylation sites is 1. The van der Waals surface area contributed by atoms with Crippen molar-refractivity contribution in [2.45, 2.75) is 51.2 Å². The maximum Gasteiger partial charge on any atom is 0.334 e. The summed E-state index contributed by atoms with van der Waals surface area (Å²) < 4.78 is 20.5. The molecule has 37 heavy (non-hydrogen) atoms. The monoisotopic (exact) mass is 499 g/mol. The van der Waals surface area contributed by atoms with E-state index in [0.717, 1.165) is 42.7 Å².